The van der Waals surface area contributed by atoms with E-state index in [9.17, 15) is 8.42 Å². The van der Waals surface area contributed by atoms with Crippen LogP contribution >= 0.6 is 0 Å². The summed E-state index contributed by atoms with van der Waals surface area (Å²) in [5, 5.41) is 0. The van der Waals surface area contributed by atoms with Crippen molar-refractivity contribution in [1.82, 2.24) is 4.31 Å². The summed E-state index contributed by atoms with van der Waals surface area (Å²) in [6, 6.07) is 6.49. The molecule has 106 valence electrons. The monoisotopic (exact) mass is 285 g/mol. The van der Waals surface area contributed by atoms with Crippen LogP contribution in [-0.2, 0) is 14.8 Å². The number of benzene rings is 1. The Labute approximate surface area is 114 Å². The average molecular weight is 285 g/mol. The van der Waals surface area contributed by atoms with E-state index in [1.165, 1.54) is 4.31 Å². The Kier molecular flexibility index (Phi) is 4.13. The van der Waals surface area contributed by atoms with Crippen molar-refractivity contribution in [3.63, 3.8) is 0 Å². The Balaban J connectivity index is 2.21. The van der Waals surface area contributed by atoms with E-state index in [4.69, 9.17) is 9.47 Å². The summed E-state index contributed by atoms with van der Waals surface area (Å²) in [4.78, 5) is 0.265. The van der Waals surface area contributed by atoms with Gasteiger partial charge >= 0.3 is 0 Å². The van der Waals surface area contributed by atoms with E-state index in [-0.39, 0.29) is 11.0 Å². The first-order valence-electron chi connectivity index (χ1n) is 6.31. The van der Waals surface area contributed by atoms with Crippen LogP contribution in [0.1, 0.15) is 20.8 Å². The highest BCUT2D eigenvalue weighted by atomic mass is 32.2. The van der Waals surface area contributed by atoms with E-state index >= 15 is 0 Å². The van der Waals surface area contributed by atoms with Crippen molar-refractivity contribution in [2.75, 3.05) is 13.2 Å². The normalized spacial score (nSPS) is 20.9. The number of ether oxygens (including phenoxy) is 2. The molecule has 1 unspecified atom stereocenters. The summed E-state index contributed by atoms with van der Waals surface area (Å²) >= 11 is 0. The van der Waals surface area contributed by atoms with E-state index in [2.05, 4.69) is 0 Å². The minimum atomic E-state index is -3.48. The largest absolute Gasteiger partial charge is 0.491 e. The van der Waals surface area contributed by atoms with E-state index < -0.39 is 16.3 Å². The van der Waals surface area contributed by atoms with Crippen LogP contribution in [-0.4, -0.2) is 38.2 Å². The molecule has 0 aromatic heterocycles. The lowest BCUT2D eigenvalue weighted by Gasteiger charge is -2.19. The topological polar surface area (TPSA) is 55.8 Å². The van der Waals surface area contributed by atoms with Crippen LogP contribution in [0.15, 0.2) is 29.2 Å². The lowest BCUT2D eigenvalue weighted by atomic mass is 10.3. The van der Waals surface area contributed by atoms with Crippen LogP contribution in [0.2, 0.25) is 0 Å². The van der Waals surface area contributed by atoms with Crippen molar-refractivity contribution in [1.29, 1.82) is 0 Å². The van der Waals surface area contributed by atoms with Gasteiger partial charge in [-0.15, -0.1) is 0 Å². The van der Waals surface area contributed by atoms with E-state index in [0.29, 0.717) is 18.9 Å². The molecule has 0 saturated carbocycles. The molecular formula is C13H19NO4S. The summed E-state index contributed by atoms with van der Waals surface area (Å²) in [5.41, 5.74) is 0. The average Bonchev–Trinajstić information content (AvgIpc) is 2.76. The number of rotatable bonds is 4. The summed E-state index contributed by atoms with van der Waals surface area (Å²) < 4.78 is 36.9. The third-order valence-corrected chi connectivity index (χ3v) is 4.84. The van der Waals surface area contributed by atoms with Crippen LogP contribution < -0.4 is 4.74 Å². The Bertz CT molecular complexity index is 524. The molecule has 1 saturated heterocycles. The van der Waals surface area contributed by atoms with Gasteiger partial charge in [-0.3, -0.25) is 0 Å². The fourth-order valence-corrected chi connectivity index (χ4v) is 3.51. The molecule has 2 rings (SSSR count). The Morgan fingerprint density at radius 1 is 1.32 bits per heavy atom. The maximum absolute atomic E-state index is 12.4. The second kappa shape index (κ2) is 5.48. The van der Waals surface area contributed by atoms with Gasteiger partial charge in [-0.1, -0.05) is 0 Å². The Morgan fingerprint density at radius 2 is 1.95 bits per heavy atom. The van der Waals surface area contributed by atoms with Crippen LogP contribution in [0.5, 0.6) is 5.75 Å². The molecule has 0 N–H and O–H groups in total. The van der Waals surface area contributed by atoms with Gasteiger partial charge in [0, 0.05) is 6.54 Å². The van der Waals surface area contributed by atoms with Crippen LogP contribution in [0, 0.1) is 0 Å². The van der Waals surface area contributed by atoms with Gasteiger partial charge in [0.2, 0.25) is 10.0 Å². The maximum atomic E-state index is 12.4. The predicted molar refractivity (Wildman–Crippen MR) is 71.5 cm³/mol. The molecule has 1 atom stereocenters. The van der Waals surface area contributed by atoms with Gasteiger partial charge in [-0.05, 0) is 45.0 Å². The van der Waals surface area contributed by atoms with Crippen molar-refractivity contribution >= 4 is 10.0 Å². The molecular weight excluding hydrogens is 266 g/mol. The molecule has 19 heavy (non-hydrogen) atoms. The quantitative estimate of drug-likeness (QED) is 0.847. The summed E-state index contributed by atoms with van der Waals surface area (Å²) in [5.74, 6) is 0.666. The van der Waals surface area contributed by atoms with Crippen molar-refractivity contribution in [2.24, 2.45) is 0 Å². The van der Waals surface area contributed by atoms with E-state index in [0.717, 1.165) is 0 Å². The minimum absolute atomic E-state index is 0.0643. The molecule has 1 aromatic carbocycles. The highest BCUT2D eigenvalue weighted by Gasteiger charge is 2.33. The second-order valence-corrected chi connectivity index (χ2v) is 6.61. The molecule has 6 heteroatoms. The van der Waals surface area contributed by atoms with Gasteiger partial charge in [0.25, 0.3) is 0 Å². The van der Waals surface area contributed by atoms with Gasteiger partial charge < -0.3 is 9.47 Å². The zero-order chi connectivity index (χ0) is 14.0. The van der Waals surface area contributed by atoms with Crippen molar-refractivity contribution in [2.45, 2.75) is 38.0 Å². The van der Waals surface area contributed by atoms with E-state index in [1.807, 2.05) is 13.8 Å². The molecule has 1 aliphatic heterocycles. The zero-order valence-electron chi connectivity index (χ0n) is 11.4. The molecule has 1 fully saturated rings. The third kappa shape index (κ3) is 3.08. The molecule has 0 bridgehead atoms. The molecule has 5 nitrogen and oxygen atoms in total. The molecule has 1 aromatic rings. The highest BCUT2D eigenvalue weighted by molar-refractivity contribution is 7.89. The van der Waals surface area contributed by atoms with Crippen molar-refractivity contribution < 1.29 is 17.9 Å². The fraction of sp³-hybridized carbons (Fsp3) is 0.538. The number of hydrogen-bond acceptors (Lipinski definition) is 4. The van der Waals surface area contributed by atoms with Crippen LogP contribution in [0.3, 0.4) is 0 Å². The molecule has 0 amide bonds. The summed E-state index contributed by atoms with van der Waals surface area (Å²) in [7, 11) is -3.48. The van der Waals surface area contributed by atoms with E-state index in [1.54, 1.807) is 31.2 Å². The molecule has 0 radical (unpaired) electrons. The molecule has 1 aliphatic rings. The second-order valence-electron chi connectivity index (χ2n) is 4.72. The van der Waals surface area contributed by atoms with Crippen molar-refractivity contribution in [3.05, 3.63) is 24.3 Å². The first-order valence-corrected chi connectivity index (χ1v) is 7.75. The first kappa shape index (κ1) is 14.3. The number of sulfonamides is 1. The molecule has 1 heterocycles. The molecule has 0 spiro atoms. The lowest BCUT2D eigenvalue weighted by molar-refractivity contribution is 0.0846. The van der Waals surface area contributed by atoms with Gasteiger partial charge in [-0.25, -0.2) is 8.42 Å². The fourth-order valence-electron chi connectivity index (χ4n) is 1.99. The SMILES string of the molecule is CC(C)Oc1ccc(S(=O)(=O)N2CCOC2C)cc1. The standard InChI is InChI=1S/C13H19NO4S/c1-10(2)18-12-4-6-13(7-5-12)19(15,16)14-8-9-17-11(14)3/h4-7,10-11H,8-9H2,1-3H3. The number of hydrogen-bond donors (Lipinski definition) is 0. The van der Waals surface area contributed by atoms with Crippen LogP contribution in [0.4, 0.5) is 0 Å². The Hall–Kier alpha value is -1.11. The Morgan fingerprint density at radius 3 is 2.42 bits per heavy atom. The summed E-state index contributed by atoms with van der Waals surface area (Å²) in [6.07, 6.45) is -0.342. The predicted octanol–water partition coefficient (Wildman–Crippen LogP) is 1.84. The van der Waals surface area contributed by atoms with Crippen molar-refractivity contribution in [3.8, 4) is 5.75 Å². The van der Waals surface area contributed by atoms with Gasteiger partial charge in [0.15, 0.2) is 0 Å². The highest BCUT2D eigenvalue weighted by Crippen LogP contribution is 2.24. The zero-order valence-corrected chi connectivity index (χ0v) is 12.2. The van der Waals surface area contributed by atoms with Gasteiger partial charge in [0.05, 0.1) is 17.6 Å². The van der Waals surface area contributed by atoms with Crippen LogP contribution in [0.25, 0.3) is 0 Å². The maximum Gasteiger partial charge on any atom is 0.245 e. The lowest BCUT2D eigenvalue weighted by Crippen LogP contribution is -2.34. The third-order valence-electron chi connectivity index (χ3n) is 2.88. The smallest absolute Gasteiger partial charge is 0.245 e. The van der Waals surface area contributed by atoms with Gasteiger partial charge in [-0.2, -0.15) is 4.31 Å². The summed E-state index contributed by atoms with van der Waals surface area (Å²) in [6.45, 7) is 6.42. The van der Waals surface area contributed by atoms with Gasteiger partial charge in [0.1, 0.15) is 12.0 Å². The first-order chi connectivity index (χ1) is 8.91. The molecule has 0 aliphatic carbocycles. The minimum Gasteiger partial charge on any atom is -0.491 e. The number of nitrogens with zero attached hydrogens (tertiary/aromatic N) is 1.